The van der Waals surface area contributed by atoms with Crippen molar-refractivity contribution in [3.8, 4) is 22.9 Å². The average molecular weight is 428 g/mol. The molecule has 9 nitrogen and oxygen atoms in total. The molecule has 0 aliphatic carbocycles. The second-order valence-corrected chi connectivity index (χ2v) is 6.40. The SMILES string of the molecule is COc1ccc(-c2noc(C(=O)NCCNC(=O)Cc3ccc(F)cc3)n2)cc1OC. The van der Waals surface area contributed by atoms with Crippen molar-refractivity contribution in [2.75, 3.05) is 27.3 Å². The number of nitrogens with one attached hydrogen (secondary N) is 2. The van der Waals surface area contributed by atoms with Gasteiger partial charge in [-0.05, 0) is 35.9 Å². The number of carbonyl (C=O) groups excluding carboxylic acids is 2. The highest BCUT2D eigenvalue weighted by molar-refractivity contribution is 5.90. The monoisotopic (exact) mass is 428 g/mol. The number of nitrogens with zero attached hydrogens (tertiary/aromatic N) is 2. The Morgan fingerprint density at radius 1 is 1.00 bits per heavy atom. The standard InChI is InChI=1S/C21H21FN4O5/c1-29-16-8-5-14(12-17(16)30-2)19-25-21(31-26-19)20(28)24-10-9-23-18(27)11-13-3-6-15(22)7-4-13/h3-8,12H,9-11H2,1-2H3,(H,23,27)(H,24,28). The average Bonchev–Trinajstić information content (AvgIpc) is 3.28. The van der Waals surface area contributed by atoms with Crippen LogP contribution in [-0.2, 0) is 11.2 Å². The fourth-order valence-corrected chi connectivity index (χ4v) is 2.71. The van der Waals surface area contributed by atoms with Gasteiger partial charge in [-0.2, -0.15) is 4.98 Å². The predicted molar refractivity (Wildman–Crippen MR) is 108 cm³/mol. The van der Waals surface area contributed by atoms with Gasteiger partial charge in [0, 0.05) is 18.7 Å². The first-order valence-corrected chi connectivity index (χ1v) is 9.35. The Morgan fingerprint density at radius 2 is 1.71 bits per heavy atom. The van der Waals surface area contributed by atoms with Gasteiger partial charge in [-0.15, -0.1) is 0 Å². The Labute approximate surface area is 177 Å². The molecule has 2 amide bonds. The molecule has 162 valence electrons. The zero-order valence-electron chi connectivity index (χ0n) is 17.0. The van der Waals surface area contributed by atoms with Gasteiger partial charge in [-0.1, -0.05) is 17.3 Å². The lowest BCUT2D eigenvalue weighted by atomic mass is 10.1. The number of hydrogen-bond donors (Lipinski definition) is 2. The Hall–Kier alpha value is -3.95. The van der Waals surface area contributed by atoms with Crippen molar-refractivity contribution in [2.24, 2.45) is 0 Å². The third kappa shape index (κ3) is 5.78. The van der Waals surface area contributed by atoms with Gasteiger partial charge in [0.15, 0.2) is 11.5 Å². The summed E-state index contributed by atoms with van der Waals surface area (Å²) in [7, 11) is 3.04. The van der Waals surface area contributed by atoms with Gasteiger partial charge in [0.05, 0.1) is 20.6 Å². The van der Waals surface area contributed by atoms with Crippen LogP contribution in [0, 0.1) is 5.82 Å². The molecule has 3 aromatic rings. The molecule has 0 spiro atoms. The Morgan fingerprint density at radius 3 is 2.42 bits per heavy atom. The second-order valence-electron chi connectivity index (χ2n) is 6.40. The van der Waals surface area contributed by atoms with E-state index in [1.807, 2.05) is 0 Å². The largest absolute Gasteiger partial charge is 0.493 e. The summed E-state index contributed by atoms with van der Waals surface area (Å²) in [6, 6.07) is 10.8. The van der Waals surface area contributed by atoms with Gasteiger partial charge >= 0.3 is 11.8 Å². The van der Waals surface area contributed by atoms with E-state index in [9.17, 15) is 14.0 Å². The third-order valence-electron chi connectivity index (χ3n) is 4.27. The maximum Gasteiger partial charge on any atom is 0.316 e. The van der Waals surface area contributed by atoms with E-state index in [2.05, 4.69) is 20.8 Å². The van der Waals surface area contributed by atoms with Gasteiger partial charge < -0.3 is 24.6 Å². The first-order valence-electron chi connectivity index (χ1n) is 9.35. The van der Waals surface area contributed by atoms with E-state index in [4.69, 9.17) is 14.0 Å². The minimum atomic E-state index is -0.563. The number of aromatic nitrogens is 2. The van der Waals surface area contributed by atoms with E-state index < -0.39 is 5.91 Å². The normalized spacial score (nSPS) is 10.4. The Balaban J connectivity index is 1.48. The topological polar surface area (TPSA) is 116 Å². The van der Waals surface area contributed by atoms with Crippen LogP contribution < -0.4 is 20.1 Å². The summed E-state index contributed by atoms with van der Waals surface area (Å²) in [4.78, 5) is 28.2. The van der Waals surface area contributed by atoms with Crippen molar-refractivity contribution in [3.63, 3.8) is 0 Å². The lowest BCUT2D eigenvalue weighted by Gasteiger charge is -2.07. The molecule has 0 radical (unpaired) electrons. The lowest BCUT2D eigenvalue weighted by molar-refractivity contribution is -0.120. The summed E-state index contributed by atoms with van der Waals surface area (Å²) in [6.45, 7) is 0.379. The highest BCUT2D eigenvalue weighted by Crippen LogP contribution is 2.31. The first kappa shape index (κ1) is 21.8. The molecule has 0 atom stereocenters. The molecule has 0 saturated heterocycles. The highest BCUT2D eigenvalue weighted by atomic mass is 19.1. The smallest absolute Gasteiger partial charge is 0.316 e. The van der Waals surface area contributed by atoms with E-state index in [0.29, 0.717) is 22.6 Å². The van der Waals surface area contributed by atoms with Crippen molar-refractivity contribution in [1.82, 2.24) is 20.8 Å². The molecule has 0 aliphatic rings. The number of hydrogen-bond acceptors (Lipinski definition) is 7. The minimum absolute atomic E-state index is 0.118. The van der Waals surface area contributed by atoms with E-state index in [1.165, 1.54) is 26.4 Å². The molecule has 3 rings (SSSR count). The molecule has 1 aromatic heterocycles. The number of rotatable bonds is 9. The van der Waals surface area contributed by atoms with Crippen molar-refractivity contribution in [2.45, 2.75) is 6.42 Å². The molecule has 0 saturated carbocycles. The number of methoxy groups -OCH3 is 2. The summed E-state index contributed by atoms with van der Waals surface area (Å²) in [6.07, 6.45) is 0.118. The first-order chi connectivity index (χ1) is 15.0. The second kappa shape index (κ2) is 10.2. The van der Waals surface area contributed by atoms with Crippen LogP contribution in [0.5, 0.6) is 11.5 Å². The molecule has 10 heteroatoms. The van der Waals surface area contributed by atoms with E-state index >= 15 is 0 Å². The number of carbonyl (C=O) groups is 2. The Kier molecular flexibility index (Phi) is 7.15. The van der Waals surface area contributed by atoms with Crippen molar-refractivity contribution in [1.29, 1.82) is 0 Å². The van der Waals surface area contributed by atoms with Crippen LogP contribution in [0.2, 0.25) is 0 Å². The third-order valence-corrected chi connectivity index (χ3v) is 4.27. The fraction of sp³-hybridized carbons (Fsp3) is 0.238. The molecule has 2 N–H and O–H groups in total. The number of halogens is 1. The fourth-order valence-electron chi connectivity index (χ4n) is 2.71. The molecule has 0 aliphatic heterocycles. The minimum Gasteiger partial charge on any atom is -0.493 e. The summed E-state index contributed by atoms with van der Waals surface area (Å²) in [5.41, 5.74) is 1.28. The summed E-state index contributed by atoms with van der Waals surface area (Å²) in [5, 5.41) is 9.06. The van der Waals surface area contributed by atoms with Crippen molar-refractivity contribution >= 4 is 11.8 Å². The number of amides is 2. The molecule has 0 unspecified atom stereocenters. The van der Waals surface area contributed by atoms with Gasteiger partial charge in [-0.3, -0.25) is 9.59 Å². The van der Waals surface area contributed by atoms with Crippen LogP contribution in [0.3, 0.4) is 0 Å². The summed E-state index contributed by atoms with van der Waals surface area (Å²) >= 11 is 0. The molecular formula is C21H21FN4O5. The molecule has 0 bridgehead atoms. The van der Waals surface area contributed by atoms with Gasteiger partial charge in [0.2, 0.25) is 11.7 Å². The molecular weight excluding hydrogens is 407 g/mol. The van der Waals surface area contributed by atoms with Gasteiger partial charge in [-0.25, -0.2) is 4.39 Å². The van der Waals surface area contributed by atoms with Crippen LogP contribution in [0.25, 0.3) is 11.4 Å². The quantitative estimate of drug-likeness (QED) is 0.501. The van der Waals surface area contributed by atoms with Crippen LogP contribution in [0.1, 0.15) is 16.2 Å². The zero-order valence-corrected chi connectivity index (χ0v) is 17.0. The van der Waals surface area contributed by atoms with Crippen LogP contribution in [0.4, 0.5) is 4.39 Å². The molecule has 1 heterocycles. The summed E-state index contributed by atoms with van der Waals surface area (Å²) < 4.78 is 28.3. The molecule has 0 fully saturated rings. The molecule has 31 heavy (non-hydrogen) atoms. The van der Waals surface area contributed by atoms with Crippen LogP contribution in [0.15, 0.2) is 47.0 Å². The van der Waals surface area contributed by atoms with E-state index in [1.54, 1.807) is 30.3 Å². The van der Waals surface area contributed by atoms with Crippen molar-refractivity contribution < 1.29 is 28.0 Å². The Bertz CT molecular complexity index is 1050. The number of benzene rings is 2. The van der Waals surface area contributed by atoms with Gasteiger partial charge in [0.25, 0.3) is 0 Å². The summed E-state index contributed by atoms with van der Waals surface area (Å²) in [5.74, 6) is -0.105. The van der Waals surface area contributed by atoms with Gasteiger partial charge in [0.1, 0.15) is 5.82 Å². The number of ether oxygens (including phenoxy) is 2. The zero-order chi connectivity index (χ0) is 22.2. The molecule has 2 aromatic carbocycles. The predicted octanol–water partition coefficient (Wildman–Crippen LogP) is 1.98. The van der Waals surface area contributed by atoms with E-state index in [-0.39, 0.29) is 42.9 Å². The lowest BCUT2D eigenvalue weighted by Crippen LogP contribution is -2.35. The van der Waals surface area contributed by atoms with Crippen LogP contribution >= 0.6 is 0 Å². The van der Waals surface area contributed by atoms with Crippen LogP contribution in [-0.4, -0.2) is 49.3 Å². The van der Waals surface area contributed by atoms with E-state index in [0.717, 1.165) is 0 Å². The highest BCUT2D eigenvalue weighted by Gasteiger charge is 2.17. The maximum absolute atomic E-state index is 12.9. The van der Waals surface area contributed by atoms with Crippen molar-refractivity contribution in [3.05, 3.63) is 59.7 Å². The maximum atomic E-state index is 12.9.